The zero-order valence-electron chi connectivity index (χ0n) is 15.1. The Morgan fingerprint density at radius 3 is 2.69 bits per heavy atom. The minimum atomic E-state index is -0.658. The lowest BCUT2D eigenvalue weighted by Gasteiger charge is -2.07. The van der Waals surface area contributed by atoms with Gasteiger partial charge in [0.2, 0.25) is 0 Å². The number of oxime groups is 1. The van der Waals surface area contributed by atoms with E-state index in [1.807, 2.05) is 12.1 Å². The first-order valence-electron chi connectivity index (χ1n) is 8.92. The lowest BCUT2D eigenvalue weighted by Crippen LogP contribution is -2.10. The second-order valence-electron chi connectivity index (χ2n) is 5.81. The summed E-state index contributed by atoms with van der Waals surface area (Å²) < 4.78 is 5.69. The number of carbonyl (C=O) groups excluding carboxylic acids is 1. The van der Waals surface area contributed by atoms with Crippen LogP contribution in [0.2, 0.25) is 0 Å². The van der Waals surface area contributed by atoms with E-state index in [2.05, 4.69) is 22.4 Å². The summed E-state index contributed by atoms with van der Waals surface area (Å²) >= 11 is 0. The fraction of sp³-hybridized carbons (Fsp3) is 0.350. The molecule has 2 rings (SSSR count). The lowest BCUT2D eigenvalue weighted by atomic mass is 10.2. The van der Waals surface area contributed by atoms with Crippen LogP contribution in [0, 0.1) is 0 Å². The van der Waals surface area contributed by atoms with Crippen molar-refractivity contribution < 1.29 is 14.4 Å². The third-order valence-electron chi connectivity index (χ3n) is 3.64. The third kappa shape index (κ3) is 7.79. The van der Waals surface area contributed by atoms with Gasteiger partial charge in [-0.1, -0.05) is 43.8 Å². The number of hydrogen-bond acceptors (Lipinski definition) is 5. The van der Waals surface area contributed by atoms with E-state index < -0.39 is 6.09 Å². The zero-order chi connectivity index (χ0) is 18.5. The second kappa shape index (κ2) is 11.6. The van der Waals surface area contributed by atoms with Crippen molar-refractivity contribution in [1.29, 1.82) is 0 Å². The summed E-state index contributed by atoms with van der Waals surface area (Å²) in [5.41, 5.74) is 1.36. The molecule has 1 N–H and O–H groups in total. The van der Waals surface area contributed by atoms with E-state index in [0.29, 0.717) is 12.3 Å². The first-order valence-corrected chi connectivity index (χ1v) is 8.92. The Kier molecular flexibility index (Phi) is 8.69. The monoisotopic (exact) mass is 355 g/mol. The quantitative estimate of drug-likeness (QED) is 0.281. The SMILES string of the molecule is CCCCCCCOc1ccc(NC(=O)O/N=C/c2cccnc2)cc1. The highest BCUT2D eigenvalue weighted by atomic mass is 16.7. The summed E-state index contributed by atoms with van der Waals surface area (Å²) in [7, 11) is 0. The molecule has 1 aromatic carbocycles. The number of aromatic nitrogens is 1. The van der Waals surface area contributed by atoms with Gasteiger partial charge in [-0.25, -0.2) is 4.79 Å². The van der Waals surface area contributed by atoms with Crippen LogP contribution in [0.4, 0.5) is 10.5 Å². The van der Waals surface area contributed by atoms with Gasteiger partial charge in [0.15, 0.2) is 0 Å². The maximum Gasteiger partial charge on any atom is 0.437 e. The summed E-state index contributed by atoms with van der Waals surface area (Å²) in [4.78, 5) is 20.4. The van der Waals surface area contributed by atoms with E-state index in [-0.39, 0.29) is 0 Å². The molecule has 0 aliphatic rings. The standard InChI is InChI=1S/C20H25N3O3/c1-2-3-4-5-6-14-25-19-11-9-18(10-12-19)23-20(24)26-22-16-17-8-7-13-21-15-17/h7-13,15-16H,2-6,14H2,1H3,(H,23,24)/b22-16+. The molecule has 1 aromatic heterocycles. The highest BCUT2D eigenvalue weighted by Crippen LogP contribution is 2.16. The molecular formula is C20H25N3O3. The van der Waals surface area contributed by atoms with Gasteiger partial charge in [-0.3, -0.25) is 15.1 Å². The number of nitrogens with one attached hydrogen (secondary N) is 1. The maximum absolute atomic E-state index is 11.7. The van der Waals surface area contributed by atoms with Crippen LogP contribution in [0.3, 0.4) is 0 Å². The largest absolute Gasteiger partial charge is 0.494 e. The van der Waals surface area contributed by atoms with E-state index in [1.165, 1.54) is 31.9 Å². The summed E-state index contributed by atoms with van der Waals surface area (Å²) in [6, 6.07) is 10.7. The molecule has 2 aromatic rings. The van der Waals surface area contributed by atoms with Gasteiger partial charge in [0.25, 0.3) is 0 Å². The molecule has 0 unspecified atom stereocenters. The fourth-order valence-corrected chi connectivity index (χ4v) is 2.26. The Hall–Kier alpha value is -2.89. The first-order chi connectivity index (χ1) is 12.8. The Morgan fingerprint density at radius 1 is 1.15 bits per heavy atom. The van der Waals surface area contributed by atoms with Crippen LogP contribution in [0.15, 0.2) is 53.9 Å². The molecule has 1 heterocycles. The number of carbonyl (C=O) groups is 1. The number of anilines is 1. The molecule has 0 saturated heterocycles. The first kappa shape index (κ1) is 19.4. The zero-order valence-corrected chi connectivity index (χ0v) is 15.1. The molecule has 26 heavy (non-hydrogen) atoms. The van der Waals surface area contributed by atoms with Gasteiger partial charge < -0.3 is 4.74 Å². The summed E-state index contributed by atoms with van der Waals surface area (Å²) in [6.07, 6.45) is 10.1. The molecule has 0 aliphatic carbocycles. The number of unbranched alkanes of at least 4 members (excludes halogenated alkanes) is 4. The Labute approximate surface area is 154 Å². The van der Waals surface area contributed by atoms with Crippen LogP contribution in [0.25, 0.3) is 0 Å². The number of ether oxygens (including phenoxy) is 1. The van der Waals surface area contributed by atoms with Crippen molar-refractivity contribution in [2.24, 2.45) is 5.16 Å². The Bertz CT molecular complexity index is 672. The molecule has 6 nitrogen and oxygen atoms in total. The maximum atomic E-state index is 11.7. The fourth-order valence-electron chi connectivity index (χ4n) is 2.26. The topological polar surface area (TPSA) is 72.8 Å². The average molecular weight is 355 g/mol. The van der Waals surface area contributed by atoms with Crippen molar-refractivity contribution in [2.45, 2.75) is 39.0 Å². The molecule has 0 fully saturated rings. The smallest absolute Gasteiger partial charge is 0.437 e. The lowest BCUT2D eigenvalue weighted by molar-refractivity contribution is 0.167. The predicted molar refractivity (Wildman–Crippen MR) is 103 cm³/mol. The van der Waals surface area contributed by atoms with E-state index in [0.717, 1.165) is 17.7 Å². The Morgan fingerprint density at radius 2 is 1.96 bits per heavy atom. The van der Waals surface area contributed by atoms with Crippen molar-refractivity contribution in [2.75, 3.05) is 11.9 Å². The molecule has 0 atom stereocenters. The number of hydrogen-bond donors (Lipinski definition) is 1. The minimum absolute atomic E-state index is 0.613. The number of pyridine rings is 1. The number of benzene rings is 1. The third-order valence-corrected chi connectivity index (χ3v) is 3.64. The number of amides is 1. The van der Waals surface area contributed by atoms with Crippen LogP contribution in [0.5, 0.6) is 5.75 Å². The van der Waals surface area contributed by atoms with Gasteiger partial charge in [-0.2, -0.15) is 0 Å². The molecule has 0 saturated carbocycles. The molecule has 138 valence electrons. The van der Waals surface area contributed by atoms with E-state index in [9.17, 15) is 4.79 Å². The van der Waals surface area contributed by atoms with E-state index >= 15 is 0 Å². The predicted octanol–water partition coefficient (Wildman–Crippen LogP) is 5.01. The van der Waals surface area contributed by atoms with E-state index in [1.54, 1.807) is 36.7 Å². The van der Waals surface area contributed by atoms with E-state index in [4.69, 9.17) is 9.57 Å². The van der Waals surface area contributed by atoms with Crippen molar-refractivity contribution in [3.05, 3.63) is 54.4 Å². The minimum Gasteiger partial charge on any atom is -0.494 e. The van der Waals surface area contributed by atoms with Crippen molar-refractivity contribution in [1.82, 2.24) is 4.98 Å². The van der Waals surface area contributed by atoms with Crippen molar-refractivity contribution >= 4 is 18.0 Å². The molecule has 0 bridgehead atoms. The molecule has 0 spiro atoms. The van der Waals surface area contributed by atoms with Gasteiger partial charge in [0, 0.05) is 23.6 Å². The summed E-state index contributed by atoms with van der Waals surface area (Å²) in [5.74, 6) is 0.786. The van der Waals surface area contributed by atoms with Gasteiger partial charge in [-0.15, -0.1) is 0 Å². The highest BCUT2D eigenvalue weighted by Gasteiger charge is 2.03. The summed E-state index contributed by atoms with van der Waals surface area (Å²) in [6.45, 7) is 2.91. The van der Waals surface area contributed by atoms with Gasteiger partial charge >= 0.3 is 6.09 Å². The average Bonchev–Trinajstić information content (AvgIpc) is 2.67. The molecule has 1 amide bonds. The van der Waals surface area contributed by atoms with Crippen LogP contribution in [-0.4, -0.2) is 23.9 Å². The van der Waals surface area contributed by atoms with Crippen LogP contribution < -0.4 is 10.1 Å². The number of nitrogens with zero attached hydrogens (tertiary/aromatic N) is 2. The van der Waals surface area contributed by atoms with Gasteiger partial charge in [0.05, 0.1) is 12.8 Å². The second-order valence-corrected chi connectivity index (χ2v) is 5.81. The molecular weight excluding hydrogens is 330 g/mol. The molecule has 0 aliphatic heterocycles. The van der Waals surface area contributed by atoms with Crippen LogP contribution in [-0.2, 0) is 4.84 Å². The molecule has 6 heteroatoms. The highest BCUT2D eigenvalue weighted by molar-refractivity contribution is 5.85. The normalized spacial score (nSPS) is 10.7. The Balaban J connectivity index is 1.67. The van der Waals surface area contributed by atoms with Gasteiger partial charge in [0.1, 0.15) is 5.75 Å². The number of rotatable bonds is 10. The van der Waals surface area contributed by atoms with Crippen LogP contribution >= 0.6 is 0 Å². The molecule has 0 radical (unpaired) electrons. The van der Waals surface area contributed by atoms with Gasteiger partial charge in [-0.05, 0) is 36.8 Å². The van der Waals surface area contributed by atoms with Crippen molar-refractivity contribution in [3.63, 3.8) is 0 Å². The van der Waals surface area contributed by atoms with Crippen molar-refractivity contribution in [3.8, 4) is 5.75 Å². The summed E-state index contributed by atoms with van der Waals surface area (Å²) in [5, 5.41) is 6.22. The van der Waals surface area contributed by atoms with Crippen LogP contribution in [0.1, 0.15) is 44.6 Å².